The van der Waals surface area contributed by atoms with Crippen molar-refractivity contribution in [3.05, 3.63) is 0 Å². The summed E-state index contributed by atoms with van der Waals surface area (Å²) in [5, 5.41) is 4.11. The van der Waals surface area contributed by atoms with Crippen LogP contribution in [0.5, 0.6) is 0 Å². The first-order chi connectivity index (χ1) is 7.00. The van der Waals surface area contributed by atoms with Crippen LogP contribution in [0.3, 0.4) is 0 Å². The van der Waals surface area contributed by atoms with Gasteiger partial charge in [0.25, 0.3) is 0 Å². The largest absolute Gasteiger partial charge is 0.310 e. The molecule has 0 bridgehead atoms. The molecule has 1 aliphatic heterocycles. The van der Waals surface area contributed by atoms with Gasteiger partial charge in [0, 0.05) is 28.6 Å². The fourth-order valence-electron chi connectivity index (χ4n) is 3.03. The standard InChI is InChI=1S/C12H23NOS/c1-9-6-8-15(14)10-5-4-7-12(2,3)11(10)13-9/h9-11,13H,4-8H2,1-3H3. The predicted molar refractivity (Wildman–Crippen MR) is 65.4 cm³/mol. The van der Waals surface area contributed by atoms with Gasteiger partial charge in [0.2, 0.25) is 0 Å². The fraction of sp³-hybridized carbons (Fsp3) is 1.00. The van der Waals surface area contributed by atoms with Gasteiger partial charge in [0.05, 0.1) is 5.25 Å². The van der Waals surface area contributed by atoms with Crippen molar-refractivity contribution in [1.82, 2.24) is 5.32 Å². The van der Waals surface area contributed by atoms with E-state index < -0.39 is 10.8 Å². The van der Waals surface area contributed by atoms with Gasteiger partial charge < -0.3 is 5.32 Å². The molecule has 2 fully saturated rings. The molecule has 0 amide bonds. The van der Waals surface area contributed by atoms with Gasteiger partial charge in [-0.15, -0.1) is 0 Å². The van der Waals surface area contributed by atoms with Crippen LogP contribution in [-0.4, -0.2) is 27.3 Å². The zero-order valence-electron chi connectivity index (χ0n) is 10.1. The van der Waals surface area contributed by atoms with E-state index in [0.717, 1.165) is 18.6 Å². The van der Waals surface area contributed by atoms with Gasteiger partial charge in [0.15, 0.2) is 0 Å². The summed E-state index contributed by atoms with van der Waals surface area (Å²) >= 11 is 0. The monoisotopic (exact) mass is 229 g/mol. The molecule has 2 rings (SSSR count). The van der Waals surface area contributed by atoms with Crippen molar-refractivity contribution in [2.24, 2.45) is 5.41 Å². The van der Waals surface area contributed by atoms with Gasteiger partial charge in [-0.3, -0.25) is 4.21 Å². The second-order valence-electron chi connectivity index (χ2n) is 5.84. The van der Waals surface area contributed by atoms with Crippen molar-refractivity contribution < 1.29 is 4.21 Å². The van der Waals surface area contributed by atoms with E-state index in [4.69, 9.17) is 0 Å². The summed E-state index contributed by atoms with van der Waals surface area (Å²) < 4.78 is 12.2. The highest BCUT2D eigenvalue weighted by atomic mass is 32.2. The van der Waals surface area contributed by atoms with Gasteiger partial charge in [-0.25, -0.2) is 0 Å². The van der Waals surface area contributed by atoms with Crippen LogP contribution in [0.25, 0.3) is 0 Å². The number of hydrogen-bond acceptors (Lipinski definition) is 2. The molecule has 2 nitrogen and oxygen atoms in total. The number of hydrogen-bond donors (Lipinski definition) is 1. The Morgan fingerprint density at radius 2 is 2.07 bits per heavy atom. The summed E-state index contributed by atoms with van der Waals surface area (Å²) in [5.41, 5.74) is 0.317. The quantitative estimate of drug-likeness (QED) is 0.689. The molecule has 0 aromatic carbocycles. The SMILES string of the molecule is CC1CCS(=O)C2CCCC(C)(C)C2N1. The molecular formula is C12H23NOS. The van der Waals surface area contributed by atoms with Crippen LogP contribution in [0.15, 0.2) is 0 Å². The molecule has 0 radical (unpaired) electrons. The van der Waals surface area contributed by atoms with E-state index in [1.807, 2.05) is 0 Å². The fourth-order valence-corrected chi connectivity index (χ4v) is 5.10. The molecule has 1 heterocycles. The summed E-state index contributed by atoms with van der Waals surface area (Å²) in [5.74, 6) is 0.894. The third kappa shape index (κ3) is 2.28. The lowest BCUT2D eigenvalue weighted by Gasteiger charge is -2.43. The van der Waals surface area contributed by atoms with Crippen LogP contribution in [-0.2, 0) is 10.8 Å². The average molecular weight is 229 g/mol. The highest BCUT2D eigenvalue weighted by Crippen LogP contribution is 2.39. The lowest BCUT2D eigenvalue weighted by molar-refractivity contribution is 0.164. The maximum Gasteiger partial charge on any atom is 0.0506 e. The Balaban J connectivity index is 2.23. The lowest BCUT2D eigenvalue weighted by Crippen LogP contribution is -2.54. The van der Waals surface area contributed by atoms with Crippen LogP contribution in [0, 0.1) is 5.41 Å². The van der Waals surface area contributed by atoms with Crippen molar-refractivity contribution in [2.45, 2.75) is 63.8 Å². The van der Waals surface area contributed by atoms with Crippen LogP contribution < -0.4 is 5.32 Å². The second kappa shape index (κ2) is 4.17. The van der Waals surface area contributed by atoms with Crippen molar-refractivity contribution >= 4 is 10.8 Å². The Kier molecular flexibility index (Phi) is 3.22. The summed E-state index contributed by atoms with van der Waals surface area (Å²) in [4.78, 5) is 0. The molecule has 15 heavy (non-hydrogen) atoms. The van der Waals surface area contributed by atoms with Crippen molar-refractivity contribution in [3.63, 3.8) is 0 Å². The topological polar surface area (TPSA) is 29.1 Å². The third-order valence-corrected chi connectivity index (χ3v) is 5.90. The Morgan fingerprint density at radius 3 is 2.80 bits per heavy atom. The first-order valence-corrected chi connectivity index (χ1v) is 7.52. The minimum Gasteiger partial charge on any atom is -0.310 e. The third-order valence-electron chi connectivity index (χ3n) is 4.08. The molecule has 4 atom stereocenters. The maximum atomic E-state index is 12.2. The summed E-state index contributed by atoms with van der Waals surface area (Å²) in [6.07, 6.45) is 4.73. The second-order valence-corrected chi connectivity index (χ2v) is 7.61. The van der Waals surface area contributed by atoms with Gasteiger partial charge in [0.1, 0.15) is 0 Å². The van der Waals surface area contributed by atoms with Gasteiger partial charge in [-0.05, 0) is 31.6 Å². The Morgan fingerprint density at radius 1 is 1.33 bits per heavy atom. The molecule has 88 valence electrons. The zero-order chi connectivity index (χ0) is 11.1. The van der Waals surface area contributed by atoms with E-state index in [9.17, 15) is 4.21 Å². The Bertz CT molecular complexity index is 264. The Hall–Kier alpha value is 0.110. The van der Waals surface area contributed by atoms with E-state index in [2.05, 4.69) is 26.1 Å². The number of fused-ring (bicyclic) bond motifs is 1. The molecule has 0 aromatic heterocycles. The molecule has 1 aliphatic carbocycles. The average Bonchev–Trinajstić information content (AvgIpc) is 2.29. The summed E-state index contributed by atoms with van der Waals surface area (Å²) in [6.45, 7) is 6.88. The van der Waals surface area contributed by atoms with Gasteiger partial charge in [-0.1, -0.05) is 20.3 Å². The number of rotatable bonds is 0. The highest BCUT2D eigenvalue weighted by Gasteiger charge is 2.43. The van der Waals surface area contributed by atoms with Gasteiger partial charge >= 0.3 is 0 Å². The molecule has 1 saturated heterocycles. The predicted octanol–water partition coefficient (Wildman–Crippen LogP) is 2.06. The molecular weight excluding hydrogens is 206 g/mol. The van der Waals surface area contributed by atoms with Crippen molar-refractivity contribution in [3.8, 4) is 0 Å². The maximum absolute atomic E-state index is 12.2. The summed E-state index contributed by atoms with van der Waals surface area (Å²) in [6, 6.07) is 0.992. The first kappa shape index (κ1) is 11.6. The molecule has 0 aromatic rings. The molecule has 3 heteroatoms. The van der Waals surface area contributed by atoms with E-state index in [1.165, 1.54) is 12.8 Å². The minimum absolute atomic E-state index is 0.317. The smallest absolute Gasteiger partial charge is 0.0506 e. The minimum atomic E-state index is -0.604. The van der Waals surface area contributed by atoms with E-state index >= 15 is 0 Å². The molecule has 1 saturated carbocycles. The van der Waals surface area contributed by atoms with E-state index in [-0.39, 0.29) is 0 Å². The van der Waals surface area contributed by atoms with Crippen LogP contribution in [0.2, 0.25) is 0 Å². The zero-order valence-corrected chi connectivity index (χ0v) is 10.9. The van der Waals surface area contributed by atoms with Crippen molar-refractivity contribution in [1.29, 1.82) is 0 Å². The molecule has 2 aliphatic rings. The van der Waals surface area contributed by atoms with E-state index in [1.54, 1.807) is 0 Å². The highest BCUT2D eigenvalue weighted by molar-refractivity contribution is 7.85. The summed E-state index contributed by atoms with van der Waals surface area (Å²) in [7, 11) is -0.604. The molecule has 4 unspecified atom stereocenters. The molecule has 0 spiro atoms. The van der Waals surface area contributed by atoms with Crippen LogP contribution in [0.4, 0.5) is 0 Å². The van der Waals surface area contributed by atoms with Gasteiger partial charge in [-0.2, -0.15) is 0 Å². The van der Waals surface area contributed by atoms with E-state index in [0.29, 0.717) is 22.7 Å². The lowest BCUT2D eigenvalue weighted by atomic mass is 9.72. The van der Waals surface area contributed by atoms with Crippen LogP contribution in [0.1, 0.15) is 46.5 Å². The normalized spacial score (nSPS) is 45.5. The van der Waals surface area contributed by atoms with Crippen molar-refractivity contribution in [2.75, 3.05) is 5.75 Å². The number of nitrogens with one attached hydrogen (secondary N) is 1. The Labute approximate surface area is 95.7 Å². The first-order valence-electron chi connectivity index (χ1n) is 6.14. The molecule has 1 N–H and O–H groups in total. The van der Waals surface area contributed by atoms with Crippen LogP contribution >= 0.6 is 0 Å².